The zero-order valence-corrected chi connectivity index (χ0v) is 14.9. The lowest BCUT2D eigenvalue weighted by molar-refractivity contribution is -0.384. The van der Waals surface area contributed by atoms with Gasteiger partial charge in [0, 0.05) is 40.4 Å². The number of non-ortho nitro benzene ring substituents is 1. The van der Waals surface area contributed by atoms with Crippen molar-refractivity contribution in [2.24, 2.45) is 0 Å². The largest absolute Gasteiger partial charge is 0.269 e. The molecule has 0 amide bonds. The van der Waals surface area contributed by atoms with Gasteiger partial charge >= 0.3 is 0 Å². The highest BCUT2D eigenvalue weighted by Gasteiger charge is 2.19. The Labute approximate surface area is 163 Å². The number of halogens is 1. The van der Waals surface area contributed by atoms with Crippen LogP contribution >= 0.6 is 0 Å². The van der Waals surface area contributed by atoms with Crippen LogP contribution in [0.2, 0.25) is 0 Å². The van der Waals surface area contributed by atoms with Crippen LogP contribution in [0.4, 0.5) is 10.1 Å². The zero-order valence-electron chi connectivity index (χ0n) is 14.9. The van der Waals surface area contributed by atoms with E-state index in [0.717, 1.165) is 5.39 Å². The SMILES string of the molecule is O=[N+]([O-])c1ccc(-c2nnc3c(-c4ccccc4F)cc4cccnc4n23)cc1. The summed E-state index contributed by atoms with van der Waals surface area (Å²) in [5.41, 5.74) is 2.68. The van der Waals surface area contributed by atoms with E-state index < -0.39 is 4.92 Å². The van der Waals surface area contributed by atoms with Crippen molar-refractivity contribution in [3.63, 3.8) is 0 Å². The van der Waals surface area contributed by atoms with E-state index in [1.165, 1.54) is 18.2 Å². The van der Waals surface area contributed by atoms with Crippen LogP contribution in [0.1, 0.15) is 0 Å². The molecule has 0 aliphatic rings. The number of aromatic nitrogens is 4. The van der Waals surface area contributed by atoms with E-state index in [9.17, 15) is 14.5 Å². The van der Waals surface area contributed by atoms with E-state index in [4.69, 9.17) is 0 Å². The van der Waals surface area contributed by atoms with Crippen LogP contribution in [0.25, 0.3) is 39.2 Å². The molecular formula is C21H12FN5O2. The van der Waals surface area contributed by atoms with Gasteiger partial charge in [0.1, 0.15) is 11.5 Å². The first-order valence-corrected chi connectivity index (χ1v) is 8.76. The molecule has 140 valence electrons. The average Bonchev–Trinajstić information content (AvgIpc) is 3.19. The molecule has 2 aromatic carbocycles. The number of pyridine rings is 2. The zero-order chi connectivity index (χ0) is 20.0. The van der Waals surface area contributed by atoms with Crippen molar-refractivity contribution in [2.45, 2.75) is 0 Å². The second kappa shape index (κ2) is 6.45. The molecule has 5 aromatic rings. The molecule has 0 fully saturated rings. The number of hydrogen-bond donors (Lipinski definition) is 0. The van der Waals surface area contributed by atoms with Crippen LogP contribution in [0, 0.1) is 15.9 Å². The molecule has 0 saturated heterocycles. The highest BCUT2D eigenvalue weighted by molar-refractivity contribution is 5.91. The number of fused-ring (bicyclic) bond motifs is 3. The van der Waals surface area contributed by atoms with Crippen molar-refractivity contribution in [1.82, 2.24) is 19.6 Å². The second-order valence-corrected chi connectivity index (χ2v) is 6.44. The third-order valence-electron chi connectivity index (χ3n) is 4.73. The fourth-order valence-electron chi connectivity index (χ4n) is 3.39. The van der Waals surface area contributed by atoms with Crippen LogP contribution in [0.3, 0.4) is 0 Å². The summed E-state index contributed by atoms with van der Waals surface area (Å²) >= 11 is 0. The van der Waals surface area contributed by atoms with Crippen molar-refractivity contribution in [1.29, 1.82) is 0 Å². The van der Waals surface area contributed by atoms with Gasteiger partial charge < -0.3 is 0 Å². The van der Waals surface area contributed by atoms with Gasteiger partial charge in [-0.2, -0.15) is 0 Å². The van der Waals surface area contributed by atoms with Gasteiger partial charge in [-0.1, -0.05) is 18.2 Å². The van der Waals surface area contributed by atoms with Gasteiger partial charge in [-0.05, 0) is 36.4 Å². The van der Waals surface area contributed by atoms with Gasteiger partial charge in [-0.3, -0.25) is 14.5 Å². The van der Waals surface area contributed by atoms with Crippen LogP contribution in [0.5, 0.6) is 0 Å². The van der Waals surface area contributed by atoms with Crippen molar-refractivity contribution in [3.05, 3.63) is 88.9 Å². The van der Waals surface area contributed by atoms with Crippen molar-refractivity contribution in [2.75, 3.05) is 0 Å². The maximum atomic E-state index is 14.5. The molecule has 5 rings (SSSR count). The van der Waals surface area contributed by atoms with E-state index in [1.807, 2.05) is 12.1 Å². The molecule has 0 aliphatic carbocycles. The first-order chi connectivity index (χ1) is 14.1. The van der Waals surface area contributed by atoms with Crippen molar-refractivity contribution >= 4 is 22.4 Å². The predicted molar refractivity (Wildman–Crippen MR) is 106 cm³/mol. The van der Waals surface area contributed by atoms with Crippen LogP contribution in [0.15, 0.2) is 72.9 Å². The van der Waals surface area contributed by atoms with Gasteiger partial charge in [-0.25, -0.2) is 9.37 Å². The summed E-state index contributed by atoms with van der Waals surface area (Å²) in [6, 6.07) is 18.0. The van der Waals surface area contributed by atoms with E-state index in [2.05, 4.69) is 15.2 Å². The van der Waals surface area contributed by atoms with Crippen LogP contribution < -0.4 is 0 Å². The van der Waals surface area contributed by atoms with Gasteiger partial charge in [0.05, 0.1) is 4.92 Å². The Morgan fingerprint density at radius 1 is 0.897 bits per heavy atom. The molecule has 0 N–H and O–H groups in total. The third kappa shape index (κ3) is 2.69. The maximum absolute atomic E-state index is 14.5. The fourth-order valence-corrected chi connectivity index (χ4v) is 3.39. The summed E-state index contributed by atoms with van der Waals surface area (Å²) < 4.78 is 16.3. The Balaban J connectivity index is 1.84. The Hall–Kier alpha value is -4.20. The Morgan fingerprint density at radius 2 is 1.69 bits per heavy atom. The van der Waals surface area contributed by atoms with Gasteiger partial charge in [0.15, 0.2) is 11.5 Å². The molecule has 0 saturated carbocycles. The molecular weight excluding hydrogens is 373 g/mol. The maximum Gasteiger partial charge on any atom is 0.269 e. The summed E-state index contributed by atoms with van der Waals surface area (Å²) in [4.78, 5) is 14.9. The standard InChI is InChI=1S/C21H12FN5O2/c22-18-6-2-1-5-16(18)17-12-14-4-3-11-23-19(14)26-20(24-25-21(17)26)13-7-9-15(10-8-13)27(28)29/h1-12H. The number of nitro groups is 1. The minimum Gasteiger partial charge on any atom is -0.258 e. The number of nitro benzene ring substituents is 1. The smallest absolute Gasteiger partial charge is 0.258 e. The van der Waals surface area contributed by atoms with E-state index >= 15 is 0 Å². The molecule has 0 atom stereocenters. The molecule has 3 aromatic heterocycles. The molecule has 0 unspecified atom stereocenters. The molecule has 0 spiro atoms. The number of rotatable bonds is 3. The van der Waals surface area contributed by atoms with Crippen LogP contribution in [-0.4, -0.2) is 24.5 Å². The summed E-state index contributed by atoms with van der Waals surface area (Å²) in [5.74, 6) is 0.106. The quantitative estimate of drug-likeness (QED) is 0.333. The molecule has 0 aliphatic heterocycles. The van der Waals surface area contributed by atoms with E-state index in [0.29, 0.717) is 33.8 Å². The number of nitrogens with zero attached hydrogens (tertiary/aromatic N) is 5. The lowest BCUT2D eigenvalue weighted by Gasteiger charge is -2.09. The monoisotopic (exact) mass is 385 g/mol. The molecule has 7 nitrogen and oxygen atoms in total. The molecule has 3 heterocycles. The summed E-state index contributed by atoms with van der Waals surface area (Å²) in [7, 11) is 0. The second-order valence-electron chi connectivity index (χ2n) is 6.44. The third-order valence-corrected chi connectivity index (χ3v) is 4.73. The first kappa shape index (κ1) is 16.9. The van der Waals surface area contributed by atoms with Gasteiger partial charge in [0.2, 0.25) is 0 Å². The summed E-state index contributed by atoms with van der Waals surface area (Å²) in [6.45, 7) is 0. The average molecular weight is 385 g/mol. The van der Waals surface area contributed by atoms with Crippen LogP contribution in [-0.2, 0) is 0 Å². The van der Waals surface area contributed by atoms with E-state index in [1.54, 1.807) is 47.0 Å². The lowest BCUT2D eigenvalue weighted by Crippen LogP contribution is -1.97. The van der Waals surface area contributed by atoms with Crippen molar-refractivity contribution < 1.29 is 9.31 Å². The molecule has 0 radical (unpaired) electrons. The van der Waals surface area contributed by atoms with Crippen molar-refractivity contribution in [3.8, 4) is 22.5 Å². The Bertz CT molecular complexity index is 1400. The topological polar surface area (TPSA) is 86.2 Å². The Morgan fingerprint density at radius 3 is 2.45 bits per heavy atom. The molecule has 0 bridgehead atoms. The van der Waals surface area contributed by atoms with E-state index in [-0.39, 0.29) is 11.5 Å². The fraction of sp³-hybridized carbons (Fsp3) is 0. The summed E-state index contributed by atoms with van der Waals surface area (Å²) in [5, 5.41) is 20.3. The lowest BCUT2D eigenvalue weighted by atomic mass is 10.0. The predicted octanol–water partition coefficient (Wildman–Crippen LogP) is 4.66. The van der Waals surface area contributed by atoms with Gasteiger partial charge in [0.25, 0.3) is 5.69 Å². The number of hydrogen-bond acceptors (Lipinski definition) is 5. The summed E-state index contributed by atoms with van der Waals surface area (Å²) in [6.07, 6.45) is 1.66. The minimum absolute atomic E-state index is 0.0161. The highest BCUT2D eigenvalue weighted by Crippen LogP contribution is 2.32. The first-order valence-electron chi connectivity index (χ1n) is 8.76. The number of benzene rings is 2. The molecule has 29 heavy (non-hydrogen) atoms. The normalized spacial score (nSPS) is 11.2. The molecule has 8 heteroatoms. The Kier molecular flexibility index (Phi) is 3.77. The highest BCUT2D eigenvalue weighted by atomic mass is 19.1. The minimum atomic E-state index is -0.459. The van der Waals surface area contributed by atoms with Gasteiger partial charge in [-0.15, -0.1) is 10.2 Å².